The van der Waals surface area contributed by atoms with E-state index in [4.69, 9.17) is 32.7 Å². The fourth-order valence-corrected chi connectivity index (χ4v) is 2.34. The molecule has 0 spiro atoms. The zero-order chi connectivity index (χ0) is 14.5. The summed E-state index contributed by atoms with van der Waals surface area (Å²) < 4.78 is 10.5. The van der Waals surface area contributed by atoms with Gasteiger partial charge in [0.15, 0.2) is 0 Å². The summed E-state index contributed by atoms with van der Waals surface area (Å²) in [6.07, 6.45) is 3.76. The van der Waals surface area contributed by atoms with Gasteiger partial charge in [0.25, 0.3) is 0 Å². The average Bonchev–Trinajstić information content (AvgIpc) is 2.46. The van der Waals surface area contributed by atoms with Gasteiger partial charge >= 0.3 is 0 Å². The Bertz CT molecular complexity index is 616. The van der Waals surface area contributed by atoms with Crippen LogP contribution in [0.3, 0.4) is 0 Å². The number of halogens is 2. The molecule has 104 valence electrons. The van der Waals surface area contributed by atoms with E-state index in [1.165, 1.54) is 0 Å². The van der Waals surface area contributed by atoms with Crippen LogP contribution in [-0.2, 0) is 0 Å². The van der Waals surface area contributed by atoms with Crippen LogP contribution in [0.4, 0.5) is 0 Å². The molecule has 0 atom stereocenters. The maximum absolute atomic E-state index is 6.14. The van der Waals surface area contributed by atoms with Crippen molar-refractivity contribution in [2.24, 2.45) is 0 Å². The molecular formula is C16H14Cl2O2. The van der Waals surface area contributed by atoms with E-state index in [0.29, 0.717) is 10.0 Å². The van der Waals surface area contributed by atoms with E-state index in [1.54, 1.807) is 26.4 Å². The predicted molar refractivity (Wildman–Crippen MR) is 84.9 cm³/mol. The van der Waals surface area contributed by atoms with Crippen molar-refractivity contribution >= 4 is 35.4 Å². The molecule has 2 nitrogen and oxygen atoms in total. The number of hydrogen-bond donors (Lipinski definition) is 0. The highest BCUT2D eigenvalue weighted by Crippen LogP contribution is 2.29. The van der Waals surface area contributed by atoms with Crippen molar-refractivity contribution in [3.63, 3.8) is 0 Å². The van der Waals surface area contributed by atoms with E-state index in [9.17, 15) is 0 Å². The molecule has 0 saturated heterocycles. The van der Waals surface area contributed by atoms with Crippen LogP contribution in [0.15, 0.2) is 36.4 Å². The largest absolute Gasteiger partial charge is 0.497 e. The Kier molecular flexibility index (Phi) is 4.94. The Morgan fingerprint density at radius 2 is 1.60 bits per heavy atom. The van der Waals surface area contributed by atoms with Crippen LogP contribution in [0.25, 0.3) is 12.2 Å². The molecule has 0 heterocycles. The smallest absolute Gasteiger partial charge is 0.126 e. The molecule has 0 aliphatic heterocycles. The third-order valence-corrected chi connectivity index (χ3v) is 3.53. The van der Waals surface area contributed by atoms with Crippen LogP contribution in [0.5, 0.6) is 11.5 Å². The van der Waals surface area contributed by atoms with Gasteiger partial charge in [-0.1, -0.05) is 41.4 Å². The van der Waals surface area contributed by atoms with Crippen LogP contribution in [0, 0.1) is 0 Å². The molecule has 0 amide bonds. The van der Waals surface area contributed by atoms with E-state index >= 15 is 0 Å². The number of rotatable bonds is 4. The Morgan fingerprint density at radius 1 is 0.900 bits per heavy atom. The van der Waals surface area contributed by atoms with Crippen LogP contribution in [0.1, 0.15) is 11.1 Å². The fraction of sp³-hybridized carbons (Fsp3) is 0.125. The van der Waals surface area contributed by atoms with Gasteiger partial charge in [0.05, 0.1) is 14.2 Å². The summed E-state index contributed by atoms with van der Waals surface area (Å²) in [6.45, 7) is 0. The van der Waals surface area contributed by atoms with E-state index in [-0.39, 0.29) is 0 Å². The molecule has 0 aliphatic carbocycles. The van der Waals surface area contributed by atoms with Crippen LogP contribution >= 0.6 is 23.2 Å². The van der Waals surface area contributed by atoms with Crippen LogP contribution in [0.2, 0.25) is 10.0 Å². The highest BCUT2D eigenvalue weighted by Gasteiger charge is 2.04. The summed E-state index contributed by atoms with van der Waals surface area (Å²) in [5.74, 6) is 1.51. The molecule has 0 fully saturated rings. The molecule has 20 heavy (non-hydrogen) atoms. The molecular weight excluding hydrogens is 295 g/mol. The average molecular weight is 309 g/mol. The maximum atomic E-state index is 6.14. The first-order valence-electron chi connectivity index (χ1n) is 6.00. The lowest BCUT2D eigenvalue weighted by atomic mass is 10.1. The number of methoxy groups -OCH3 is 2. The van der Waals surface area contributed by atoms with Crippen molar-refractivity contribution in [2.45, 2.75) is 0 Å². The summed E-state index contributed by atoms with van der Waals surface area (Å²) in [6, 6.07) is 11.0. The second-order valence-electron chi connectivity index (χ2n) is 4.08. The van der Waals surface area contributed by atoms with Gasteiger partial charge in [0, 0.05) is 21.2 Å². The lowest BCUT2D eigenvalue weighted by Gasteiger charge is -2.07. The molecule has 2 aromatic carbocycles. The summed E-state index contributed by atoms with van der Waals surface area (Å²) in [5.41, 5.74) is 1.67. The molecule has 0 N–H and O–H groups in total. The van der Waals surface area contributed by atoms with Gasteiger partial charge in [-0.3, -0.25) is 0 Å². The second kappa shape index (κ2) is 6.69. The van der Waals surface area contributed by atoms with E-state index in [2.05, 4.69) is 0 Å². The van der Waals surface area contributed by atoms with E-state index in [1.807, 2.05) is 36.4 Å². The molecule has 2 rings (SSSR count). The van der Waals surface area contributed by atoms with Gasteiger partial charge in [-0.05, 0) is 30.3 Å². The van der Waals surface area contributed by atoms with Crippen LogP contribution < -0.4 is 9.47 Å². The second-order valence-corrected chi connectivity index (χ2v) is 4.89. The van der Waals surface area contributed by atoms with Crippen molar-refractivity contribution in [1.82, 2.24) is 0 Å². The lowest BCUT2D eigenvalue weighted by molar-refractivity contribution is 0.402. The topological polar surface area (TPSA) is 18.5 Å². The van der Waals surface area contributed by atoms with Crippen molar-refractivity contribution in [3.05, 3.63) is 57.6 Å². The molecule has 0 unspecified atom stereocenters. The van der Waals surface area contributed by atoms with Crippen molar-refractivity contribution in [2.75, 3.05) is 14.2 Å². The van der Waals surface area contributed by atoms with Gasteiger partial charge in [0.2, 0.25) is 0 Å². The Hall–Kier alpha value is -1.64. The summed E-state index contributed by atoms with van der Waals surface area (Å²) >= 11 is 12.3. The minimum Gasteiger partial charge on any atom is -0.497 e. The first-order valence-corrected chi connectivity index (χ1v) is 6.75. The Balaban J connectivity index is 2.40. The minimum absolute atomic E-state index is 0.607. The minimum atomic E-state index is 0.607. The van der Waals surface area contributed by atoms with Gasteiger partial charge in [-0.15, -0.1) is 0 Å². The first kappa shape index (κ1) is 14.8. The van der Waals surface area contributed by atoms with Gasteiger partial charge in [-0.2, -0.15) is 0 Å². The van der Waals surface area contributed by atoms with Gasteiger partial charge < -0.3 is 9.47 Å². The molecule has 0 aliphatic rings. The van der Waals surface area contributed by atoms with Crippen molar-refractivity contribution in [3.8, 4) is 11.5 Å². The summed E-state index contributed by atoms with van der Waals surface area (Å²) in [4.78, 5) is 0. The highest BCUT2D eigenvalue weighted by atomic mass is 35.5. The summed E-state index contributed by atoms with van der Waals surface area (Å²) in [5, 5.41) is 1.21. The SMILES string of the molecule is COc1ccc(OC)c(/C=C/c2c(Cl)cccc2Cl)c1. The lowest BCUT2D eigenvalue weighted by Crippen LogP contribution is -1.89. The number of ether oxygens (including phenoxy) is 2. The molecule has 0 aromatic heterocycles. The quantitative estimate of drug-likeness (QED) is 0.724. The molecule has 0 bridgehead atoms. The molecule has 0 saturated carbocycles. The normalized spacial score (nSPS) is 10.8. The van der Waals surface area contributed by atoms with Crippen molar-refractivity contribution in [1.29, 1.82) is 0 Å². The van der Waals surface area contributed by atoms with Crippen LogP contribution in [-0.4, -0.2) is 14.2 Å². The fourth-order valence-electron chi connectivity index (χ4n) is 1.81. The zero-order valence-electron chi connectivity index (χ0n) is 11.2. The van der Waals surface area contributed by atoms with Crippen molar-refractivity contribution < 1.29 is 9.47 Å². The molecule has 4 heteroatoms. The third-order valence-electron chi connectivity index (χ3n) is 2.87. The molecule has 0 radical (unpaired) electrons. The predicted octanol–water partition coefficient (Wildman–Crippen LogP) is 5.18. The van der Waals surface area contributed by atoms with E-state index < -0.39 is 0 Å². The zero-order valence-corrected chi connectivity index (χ0v) is 12.7. The first-order chi connectivity index (χ1) is 9.65. The highest BCUT2D eigenvalue weighted by molar-refractivity contribution is 6.37. The number of hydrogen-bond acceptors (Lipinski definition) is 2. The maximum Gasteiger partial charge on any atom is 0.126 e. The summed E-state index contributed by atoms with van der Waals surface area (Å²) in [7, 11) is 3.25. The third kappa shape index (κ3) is 3.27. The monoisotopic (exact) mass is 308 g/mol. The van der Waals surface area contributed by atoms with Gasteiger partial charge in [0.1, 0.15) is 11.5 Å². The Morgan fingerprint density at radius 3 is 2.20 bits per heavy atom. The number of benzene rings is 2. The molecule has 2 aromatic rings. The standard InChI is InChI=1S/C16H14Cl2O2/c1-19-12-7-9-16(20-2)11(10-12)6-8-13-14(17)4-3-5-15(13)18/h3-10H,1-2H3/b8-6+. The van der Waals surface area contributed by atoms with Gasteiger partial charge in [-0.25, -0.2) is 0 Å². The Labute approximate surface area is 128 Å². The van der Waals surface area contributed by atoms with E-state index in [0.717, 1.165) is 22.6 Å².